The van der Waals surface area contributed by atoms with Crippen molar-refractivity contribution in [2.75, 3.05) is 6.54 Å². The summed E-state index contributed by atoms with van der Waals surface area (Å²) in [4.78, 5) is 1.54. The van der Waals surface area contributed by atoms with E-state index in [2.05, 4.69) is 60.1 Å². The van der Waals surface area contributed by atoms with Gasteiger partial charge in [-0.1, -0.05) is 43.3 Å². The minimum Gasteiger partial charge on any atom is -0.314 e. The highest BCUT2D eigenvalue weighted by Gasteiger charge is 2.30. The van der Waals surface area contributed by atoms with Gasteiger partial charge in [-0.15, -0.1) is 11.3 Å². The molecule has 21 heavy (non-hydrogen) atoms. The molecule has 0 radical (unpaired) electrons. The fraction of sp³-hybridized carbons (Fsp3) is 0.474. The Balaban J connectivity index is 1.72. The van der Waals surface area contributed by atoms with Crippen molar-refractivity contribution in [2.45, 2.75) is 44.6 Å². The van der Waals surface area contributed by atoms with Crippen molar-refractivity contribution in [2.24, 2.45) is 5.92 Å². The Labute approximate surface area is 132 Å². The van der Waals surface area contributed by atoms with Crippen LogP contribution in [-0.4, -0.2) is 12.6 Å². The molecule has 1 N–H and O–H groups in total. The molecule has 1 aromatic heterocycles. The summed E-state index contributed by atoms with van der Waals surface area (Å²) in [7, 11) is 0. The lowest BCUT2D eigenvalue weighted by Gasteiger charge is -2.37. The summed E-state index contributed by atoms with van der Waals surface area (Å²) in [5.74, 6) is 1.51. The molecule has 0 bridgehead atoms. The van der Waals surface area contributed by atoms with E-state index in [1.165, 1.54) is 36.1 Å². The Hall–Kier alpha value is -1.12. The highest BCUT2D eigenvalue weighted by atomic mass is 32.1. The monoisotopic (exact) mass is 299 g/mol. The van der Waals surface area contributed by atoms with Gasteiger partial charge in [0.2, 0.25) is 0 Å². The van der Waals surface area contributed by atoms with Crippen LogP contribution < -0.4 is 5.32 Å². The van der Waals surface area contributed by atoms with Gasteiger partial charge < -0.3 is 5.32 Å². The molecule has 1 nitrogen and oxygen atoms in total. The SMILES string of the molecule is CCNC1CCC(c2ccccc2)CC1Cc1cccs1. The van der Waals surface area contributed by atoms with Crippen LogP contribution in [0.5, 0.6) is 0 Å². The van der Waals surface area contributed by atoms with E-state index in [1.807, 2.05) is 11.3 Å². The molecule has 3 atom stereocenters. The van der Waals surface area contributed by atoms with Gasteiger partial charge >= 0.3 is 0 Å². The molecule has 2 aromatic rings. The number of thiophene rings is 1. The molecule has 0 aliphatic heterocycles. The van der Waals surface area contributed by atoms with Gasteiger partial charge in [-0.3, -0.25) is 0 Å². The second-order valence-corrected chi connectivity index (χ2v) is 7.16. The smallest absolute Gasteiger partial charge is 0.00991 e. The maximum atomic E-state index is 3.72. The van der Waals surface area contributed by atoms with Crippen LogP contribution in [0.1, 0.15) is 42.5 Å². The number of nitrogens with one attached hydrogen (secondary N) is 1. The summed E-state index contributed by atoms with van der Waals surface area (Å²) < 4.78 is 0. The zero-order valence-corrected chi connectivity index (χ0v) is 13.6. The minimum atomic E-state index is 0.692. The summed E-state index contributed by atoms with van der Waals surface area (Å²) in [6.07, 6.45) is 5.18. The van der Waals surface area contributed by atoms with E-state index in [0.717, 1.165) is 18.4 Å². The van der Waals surface area contributed by atoms with Gasteiger partial charge in [-0.25, -0.2) is 0 Å². The predicted octanol–water partition coefficient (Wildman–Crippen LogP) is 4.85. The van der Waals surface area contributed by atoms with E-state index in [0.29, 0.717) is 6.04 Å². The Morgan fingerprint density at radius 2 is 1.95 bits per heavy atom. The maximum Gasteiger partial charge on any atom is 0.00991 e. The Morgan fingerprint density at radius 3 is 2.67 bits per heavy atom. The van der Waals surface area contributed by atoms with E-state index in [9.17, 15) is 0 Å². The number of hydrogen-bond acceptors (Lipinski definition) is 2. The third-order valence-electron chi connectivity index (χ3n) is 4.76. The molecule has 3 rings (SSSR count). The molecule has 0 spiro atoms. The van der Waals surface area contributed by atoms with Crippen LogP contribution in [0.2, 0.25) is 0 Å². The average molecular weight is 299 g/mol. The van der Waals surface area contributed by atoms with Crippen LogP contribution in [0.15, 0.2) is 47.8 Å². The van der Waals surface area contributed by atoms with Gasteiger partial charge in [0.15, 0.2) is 0 Å². The summed E-state index contributed by atoms with van der Waals surface area (Å²) in [5.41, 5.74) is 1.53. The van der Waals surface area contributed by atoms with Crippen LogP contribution in [0.25, 0.3) is 0 Å². The van der Waals surface area contributed by atoms with Crippen molar-refractivity contribution in [3.8, 4) is 0 Å². The fourth-order valence-corrected chi connectivity index (χ4v) is 4.53. The predicted molar refractivity (Wildman–Crippen MR) is 92.0 cm³/mol. The lowest BCUT2D eigenvalue weighted by atomic mass is 9.73. The van der Waals surface area contributed by atoms with E-state index >= 15 is 0 Å². The maximum absolute atomic E-state index is 3.72. The van der Waals surface area contributed by atoms with Gasteiger partial charge in [0.05, 0.1) is 0 Å². The summed E-state index contributed by atoms with van der Waals surface area (Å²) in [6, 6.07) is 16.3. The van der Waals surface area contributed by atoms with Crippen LogP contribution in [-0.2, 0) is 6.42 Å². The van der Waals surface area contributed by atoms with E-state index in [1.54, 1.807) is 0 Å². The van der Waals surface area contributed by atoms with Crippen molar-refractivity contribution in [1.82, 2.24) is 5.32 Å². The van der Waals surface area contributed by atoms with Gasteiger partial charge in [0, 0.05) is 10.9 Å². The molecule has 0 saturated heterocycles. The topological polar surface area (TPSA) is 12.0 Å². The quantitative estimate of drug-likeness (QED) is 0.832. The molecule has 1 aliphatic carbocycles. The lowest BCUT2D eigenvalue weighted by Crippen LogP contribution is -2.41. The van der Waals surface area contributed by atoms with E-state index in [4.69, 9.17) is 0 Å². The second kappa shape index (κ2) is 7.24. The van der Waals surface area contributed by atoms with Crippen molar-refractivity contribution in [1.29, 1.82) is 0 Å². The summed E-state index contributed by atoms with van der Waals surface area (Å²) in [6.45, 7) is 3.31. The third kappa shape index (κ3) is 3.75. The van der Waals surface area contributed by atoms with E-state index < -0.39 is 0 Å². The molecule has 112 valence electrons. The second-order valence-electron chi connectivity index (χ2n) is 6.13. The van der Waals surface area contributed by atoms with Crippen LogP contribution in [0, 0.1) is 5.92 Å². The summed E-state index contributed by atoms with van der Waals surface area (Å²) in [5, 5.41) is 5.93. The first-order valence-electron chi connectivity index (χ1n) is 8.17. The highest BCUT2D eigenvalue weighted by molar-refractivity contribution is 7.09. The normalized spacial score (nSPS) is 25.9. The molecule has 2 heteroatoms. The highest BCUT2D eigenvalue weighted by Crippen LogP contribution is 2.38. The van der Waals surface area contributed by atoms with Crippen LogP contribution in [0.4, 0.5) is 0 Å². The van der Waals surface area contributed by atoms with Crippen molar-refractivity contribution in [3.63, 3.8) is 0 Å². The van der Waals surface area contributed by atoms with Crippen LogP contribution in [0.3, 0.4) is 0 Å². The fourth-order valence-electron chi connectivity index (χ4n) is 3.74. The van der Waals surface area contributed by atoms with Gasteiger partial charge in [0.1, 0.15) is 0 Å². The number of hydrogen-bond donors (Lipinski definition) is 1. The molecule has 1 heterocycles. The van der Waals surface area contributed by atoms with Gasteiger partial charge in [0.25, 0.3) is 0 Å². The minimum absolute atomic E-state index is 0.692. The molecule has 1 aliphatic rings. The molecule has 0 amide bonds. The van der Waals surface area contributed by atoms with Crippen molar-refractivity contribution >= 4 is 11.3 Å². The zero-order chi connectivity index (χ0) is 14.5. The third-order valence-corrected chi connectivity index (χ3v) is 5.66. The van der Waals surface area contributed by atoms with Crippen LogP contribution >= 0.6 is 11.3 Å². The molecule has 1 saturated carbocycles. The summed E-state index contributed by atoms with van der Waals surface area (Å²) >= 11 is 1.91. The number of rotatable bonds is 5. The average Bonchev–Trinajstić information content (AvgIpc) is 3.03. The molecular formula is C19H25NS. The first-order chi connectivity index (χ1) is 10.4. The first-order valence-corrected chi connectivity index (χ1v) is 9.05. The van der Waals surface area contributed by atoms with E-state index in [-0.39, 0.29) is 0 Å². The zero-order valence-electron chi connectivity index (χ0n) is 12.8. The van der Waals surface area contributed by atoms with Crippen molar-refractivity contribution in [3.05, 3.63) is 58.3 Å². The van der Waals surface area contributed by atoms with Crippen molar-refractivity contribution < 1.29 is 0 Å². The Bertz CT molecular complexity index is 520. The largest absolute Gasteiger partial charge is 0.314 e. The Kier molecular flexibility index (Phi) is 5.10. The standard InChI is InChI=1S/C19H25NS/c1-2-20-19-11-10-16(15-7-4-3-5-8-15)13-17(19)14-18-9-6-12-21-18/h3-9,12,16-17,19-20H,2,10-11,13-14H2,1H3. The lowest BCUT2D eigenvalue weighted by molar-refractivity contribution is 0.242. The molecule has 3 unspecified atom stereocenters. The first kappa shape index (κ1) is 14.8. The molecule has 1 fully saturated rings. The van der Waals surface area contributed by atoms with Gasteiger partial charge in [-0.2, -0.15) is 0 Å². The Morgan fingerprint density at radius 1 is 1.10 bits per heavy atom. The van der Waals surface area contributed by atoms with Gasteiger partial charge in [-0.05, 0) is 61.1 Å². The molecular weight excluding hydrogens is 274 g/mol. The number of benzene rings is 1. The molecule has 1 aromatic carbocycles.